The van der Waals surface area contributed by atoms with E-state index in [1.54, 1.807) is 0 Å². The summed E-state index contributed by atoms with van der Waals surface area (Å²) in [6.45, 7) is 4.89. The van der Waals surface area contributed by atoms with Gasteiger partial charge in [-0.05, 0) is 25.9 Å². The normalized spacial score (nSPS) is 19.6. The first-order valence-corrected chi connectivity index (χ1v) is 6.77. The van der Waals surface area contributed by atoms with Crippen LogP contribution in [0.2, 0.25) is 5.02 Å². The monoisotopic (exact) mass is 284 g/mol. The van der Waals surface area contributed by atoms with Crippen molar-refractivity contribution in [2.75, 3.05) is 25.0 Å². The SMILES string of the molecule is CCN1CCCC1CNc1ncc(Cl)cc1[N+](=O)[O-]. The maximum absolute atomic E-state index is 10.9. The van der Waals surface area contributed by atoms with E-state index in [1.807, 2.05) is 0 Å². The minimum atomic E-state index is -0.465. The van der Waals surface area contributed by atoms with Gasteiger partial charge in [-0.3, -0.25) is 15.0 Å². The van der Waals surface area contributed by atoms with Crippen LogP contribution in [0.5, 0.6) is 0 Å². The van der Waals surface area contributed by atoms with Crippen LogP contribution in [-0.2, 0) is 0 Å². The smallest absolute Gasteiger partial charge is 0.312 e. The van der Waals surface area contributed by atoms with E-state index in [9.17, 15) is 10.1 Å². The molecule has 2 heterocycles. The summed E-state index contributed by atoms with van der Waals surface area (Å²) in [6.07, 6.45) is 3.71. The highest BCUT2D eigenvalue weighted by Gasteiger charge is 2.24. The van der Waals surface area contributed by atoms with Gasteiger partial charge in [-0.1, -0.05) is 18.5 Å². The molecule has 1 aliphatic rings. The van der Waals surface area contributed by atoms with Crippen LogP contribution in [0.25, 0.3) is 0 Å². The molecular formula is C12H17ClN4O2. The molecule has 1 aromatic heterocycles. The highest BCUT2D eigenvalue weighted by molar-refractivity contribution is 6.30. The second-order valence-electron chi connectivity index (χ2n) is 4.58. The molecule has 7 heteroatoms. The Morgan fingerprint density at radius 2 is 2.47 bits per heavy atom. The van der Waals surface area contributed by atoms with E-state index in [0.717, 1.165) is 19.5 Å². The van der Waals surface area contributed by atoms with Gasteiger partial charge < -0.3 is 5.32 Å². The van der Waals surface area contributed by atoms with Gasteiger partial charge in [0.05, 0.1) is 9.95 Å². The Balaban J connectivity index is 2.05. The second-order valence-corrected chi connectivity index (χ2v) is 5.02. The molecule has 104 valence electrons. The Kier molecular flexibility index (Phi) is 4.55. The third-order valence-corrected chi connectivity index (χ3v) is 3.65. The summed E-state index contributed by atoms with van der Waals surface area (Å²) >= 11 is 5.73. The van der Waals surface area contributed by atoms with Gasteiger partial charge in [-0.25, -0.2) is 4.98 Å². The average Bonchev–Trinajstić information content (AvgIpc) is 2.84. The Hall–Kier alpha value is -1.40. The first-order valence-electron chi connectivity index (χ1n) is 6.39. The van der Waals surface area contributed by atoms with Gasteiger partial charge in [0, 0.05) is 24.8 Å². The van der Waals surface area contributed by atoms with Crippen molar-refractivity contribution in [2.45, 2.75) is 25.8 Å². The molecule has 1 aromatic rings. The fourth-order valence-corrected chi connectivity index (χ4v) is 2.61. The number of hydrogen-bond acceptors (Lipinski definition) is 5. The van der Waals surface area contributed by atoms with Crippen LogP contribution in [0, 0.1) is 10.1 Å². The quantitative estimate of drug-likeness (QED) is 0.664. The number of nitro groups is 1. The fraction of sp³-hybridized carbons (Fsp3) is 0.583. The molecule has 0 aliphatic carbocycles. The van der Waals surface area contributed by atoms with E-state index in [4.69, 9.17) is 11.6 Å². The lowest BCUT2D eigenvalue weighted by atomic mass is 10.2. The van der Waals surface area contributed by atoms with E-state index in [-0.39, 0.29) is 16.5 Å². The number of likely N-dealkylation sites (N-methyl/N-ethyl adjacent to an activating group) is 1. The lowest BCUT2D eigenvalue weighted by molar-refractivity contribution is -0.384. The van der Waals surface area contributed by atoms with Crippen LogP contribution in [-0.4, -0.2) is 40.5 Å². The summed E-state index contributed by atoms with van der Waals surface area (Å²) in [5.74, 6) is 0.289. The molecule has 1 atom stereocenters. The number of pyridine rings is 1. The van der Waals surface area contributed by atoms with Crippen LogP contribution in [0.4, 0.5) is 11.5 Å². The number of hydrogen-bond donors (Lipinski definition) is 1. The molecule has 1 N–H and O–H groups in total. The van der Waals surface area contributed by atoms with Crippen molar-refractivity contribution in [3.8, 4) is 0 Å². The summed E-state index contributed by atoms with van der Waals surface area (Å²) in [5.41, 5.74) is -0.0754. The lowest BCUT2D eigenvalue weighted by Crippen LogP contribution is -2.34. The molecule has 1 aliphatic heterocycles. The average molecular weight is 285 g/mol. The lowest BCUT2D eigenvalue weighted by Gasteiger charge is -2.22. The number of aromatic nitrogens is 1. The van der Waals surface area contributed by atoms with E-state index < -0.39 is 4.92 Å². The summed E-state index contributed by atoms with van der Waals surface area (Å²) in [7, 11) is 0. The number of rotatable bonds is 5. The number of halogens is 1. The molecule has 19 heavy (non-hydrogen) atoms. The highest BCUT2D eigenvalue weighted by atomic mass is 35.5. The van der Waals surface area contributed by atoms with Gasteiger partial charge in [0.2, 0.25) is 5.82 Å². The molecule has 6 nitrogen and oxygen atoms in total. The highest BCUT2D eigenvalue weighted by Crippen LogP contribution is 2.26. The van der Waals surface area contributed by atoms with Crippen LogP contribution in [0.15, 0.2) is 12.3 Å². The van der Waals surface area contributed by atoms with Gasteiger partial charge >= 0.3 is 5.69 Å². The number of likely N-dealkylation sites (tertiary alicyclic amines) is 1. The van der Waals surface area contributed by atoms with Crippen LogP contribution in [0.3, 0.4) is 0 Å². The minimum Gasteiger partial charge on any atom is -0.363 e. The molecule has 0 spiro atoms. The standard InChI is InChI=1S/C12H17ClN4O2/c1-2-16-5-3-4-10(16)8-15-12-11(17(18)19)6-9(13)7-14-12/h6-7,10H,2-5,8H2,1H3,(H,14,15). The van der Waals surface area contributed by atoms with Crippen molar-refractivity contribution in [1.82, 2.24) is 9.88 Å². The third-order valence-electron chi connectivity index (χ3n) is 3.44. The summed E-state index contributed by atoms with van der Waals surface area (Å²) in [6, 6.07) is 1.74. The molecule has 1 fully saturated rings. The molecule has 0 aromatic carbocycles. The zero-order valence-electron chi connectivity index (χ0n) is 10.8. The van der Waals surface area contributed by atoms with Crippen molar-refractivity contribution in [2.24, 2.45) is 0 Å². The summed E-state index contributed by atoms with van der Waals surface area (Å²) < 4.78 is 0. The maximum Gasteiger partial charge on any atom is 0.312 e. The van der Waals surface area contributed by atoms with Crippen LogP contribution >= 0.6 is 11.6 Å². The van der Waals surface area contributed by atoms with Gasteiger partial charge in [-0.15, -0.1) is 0 Å². The molecular weight excluding hydrogens is 268 g/mol. The van der Waals surface area contributed by atoms with Gasteiger partial charge in [0.15, 0.2) is 0 Å². The van der Waals surface area contributed by atoms with Crippen molar-refractivity contribution < 1.29 is 4.92 Å². The van der Waals surface area contributed by atoms with Crippen LogP contribution < -0.4 is 5.32 Å². The van der Waals surface area contributed by atoms with E-state index in [0.29, 0.717) is 12.6 Å². The number of nitrogens with zero attached hydrogens (tertiary/aromatic N) is 3. The Morgan fingerprint density at radius 3 is 3.16 bits per heavy atom. The third kappa shape index (κ3) is 3.33. The topological polar surface area (TPSA) is 71.3 Å². The minimum absolute atomic E-state index is 0.0754. The first-order chi connectivity index (χ1) is 9.11. The predicted molar refractivity (Wildman–Crippen MR) is 74.7 cm³/mol. The van der Waals surface area contributed by atoms with Crippen molar-refractivity contribution in [3.05, 3.63) is 27.4 Å². The van der Waals surface area contributed by atoms with Crippen molar-refractivity contribution in [1.29, 1.82) is 0 Å². The van der Waals surface area contributed by atoms with Crippen molar-refractivity contribution >= 4 is 23.1 Å². The Morgan fingerprint density at radius 1 is 1.68 bits per heavy atom. The van der Waals surface area contributed by atoms with Gasteiger partial charge in [-0.2, -0.15) is 0 Å². The van der Waals surface area contributed by atoms with Gasteiger partial charge in [0.1, 0.15) is 0 Å². The predicted octanol–water partition coefficient (Wildman–Crippen LogP) is 2.54. The van der Waals surface area contributed by atoms with E-state index in [1.165, 1.54) is 18.7 Å². The second kappa shape index (κ2) is 6.16. The molecule has 2 rings (SSSR count). The summed E-state index contributed by atoms with van der Waals surface area (Å²) in [4.78, 5) is 16.9. The molecule has 0 bridgehead atoms. The molecule has 1 unspecified atom stereocenters. The van der Waals surface area contributed by atoms with E-state index in [2.05, 4.69) is 22.1 Å². The molecule has 0 amide bonds. The Labute approximate surface area is 116 Å². The first kappa shape index (κ1) is 14.0. The molecule has 1 saturated heterocycles. The molecule has 0 radical (unpaired) electrons. The van der Waals surface area contributed by atoms with Gasteiger partial charge in [0.25, 0.3) is 0 Å². The molecule has 0 saturated carbocycles. The van der Waals surface area contributed by atoms with Crippen molar-refractivity contribution in [3.63, 3.8) is 0 Å². The Bertz CT molecular complexity index is 469. The summed E-state index contributed by atoms with van der Waals surface area (Å²) in [5, 5.41) is 14.3. The zero-order chi connectivity index (χ0) is 13.8. The number of nitrogens with one attached hydrogen (secondary N) is 1. The van der Waals surface area contributed by atoms with E-state index >= 15 is 0 Å². The maximum atomic E-state index is 10.9. The fourth-order valence-electron chi connectivity index (χ4n) is 2.46. The zero-order valence-corrected chi connectivity index (χ0v) is 11.6. The van der Waals surface area contributed by atoms with Crippen LogP contribution in [0.1, 0.15) is 19.8 Å². The number of anilines is 1. The largest absolute Gasteiger partial charge is 0.363 e.